The van der Waals surface area contributed by atoms with Gasteiger partial charge in [-0.25, -0.2) is 4.79 Å². The number of carbonyl (C=O) groups is 1. The third kappa shape index (κ3) is 1.65. The minimum atomic E-state index is -0.416. The lowest BCUT2D eigenvalue weighted by molar-refractivity contribution is 0.0204. The molecule has 3 aliphatic rings. The van der Waals surface area contributed by atoms with Gasteiger partial charge in [-0.05, 0) is 51.4 Å². The molecule has 3 rings (SSSR count). The van der Waals surface area contributed by atoms with E-state index in [9.17, 15) is 4.79 Å². The third-order valence-electron chi connectivity index (χ3n) is 4.58. The monoisotopic (exact) mass is 238 g/mol. The van der Waals surface area contributed by atoms with Gasteiger partial charge in [-0.3, -0.25) is 0 Å². The van der Waals surface area contributed by atoms with Gasteiger partial charge in [0.25, 0.3) is 0 Å². The molecular weight excluding hydrogens is 216 g/mol. The van der Waals surface area contributed by atoms with E-state index in [1.165, 1.54) is 12.8 Å². The minimum Gasteiger partial charge on any atom is -0.444 e. The fourth-order valence-corrected chi connectivity index (χ4v) is 4.04. The summed E-state index contributed by atoms with van der Waals surface area (Å²) < 4.78 is 5.48. The van der Waals surface area contributed by atoms with E-state index in [1.807, 2.05) is 25.7 Å². The van der Waals surface area contributed by atoms with Crippen LogP contribution in [0.1, 0.15) is 33.6 Å². The Hall–Kier alpha value is -0.770. The van der Waals surface area contributed by atoms with E-state index in [2.05, 4.69) is 0 Å². The molecule has 1 amide bonds. The number of rotatable bonds is 0. The van der Waals surface area contributed by atoms with Crippen LogP contribution in [0.2, 0.25) is 0 Å². The normalized spacial score (nSPS) is 43.3. The Labute approximate surface area is 102 Å². The van der Waals surface area contributed by atoms with Crippen molar-refractivity contribution in [3.8, 4) is 0 Å². The molecule has 0 aromatic carbocycles. The Morgan fingerprint density at radius 2 is 2.00 bits per heavy atom. The van der Waals surface area contributed by atoms with Crippen LogP contribution in [0.3, 0.4) is 0 Å². The van der Waals surface area contributed by atoms with Gasteiger partial charge in [0.1, 0.15) is 5.60 Å². The van der Waals surface area contributed by atoms with Crippen LogP contribution in [0, 0.1) is 17.8 Å². The molecule has 1 aliphatic heterocycles. The molecule has 2 bridgehead atoms. The largest absolute Gasteiger partial charge is 0.444 e. The van der Waals surface area contributed by atoms with Gasteiger partial charge in [0.2, 0.25) is 0 Å². The molecule has 96 valence electrons. The Morgan fingerprint density at radius 3 is 2.59 bits per heavy atom. The summed E-state index contributed by atoms with van der Waals surface area (Å²) in [7, 11) is 0. The fraction of sp³-hybridized carbons (Fsp3) is 0.923. The standard InChI is InChI=1S/C13H22N2O2/c1-13(2,3)17-12(16)15-6-8-4-7-5-9(8)11(15)10(7)14/h7-11H,4-6,14H2,1-3H3. The lowest BCUT2D eigenvalue weighted by atomic mass is 9.87. The average Bonchev–Trinajstić information content (AvgIpc) is 2.73. The van der Waals surface area contributed by atoms with Gasteiger partial charge in [-0.2, -0.15) is 0 Å². The summed E-state index contributed by atoms with van der Waals surface area (Å²) in [6.45, 7) is 6.58. The van der Waals surface area contributed by atoms with Crippen LogP contribution in [-0.2, 0) is 4.74 Å². The minimum absolute atomic E-state index is 0.172. The average molecular weight is 238 g/mol. The first-order valence-electron chi connectivity index (χ1n) is 6.62. The second-order valence-electron chi connectivity index (χ2n) is 6.86. The highest BCUT2D eigenvalue weighted by atomic mass is 16.6. The topological polar surface area (TPSA) is 55.6 Å². The zero-order valence-corrected chi connectivity index (χ0v) is 10.8. The predicted octanol–water partition coefficient (Wildman–Crippen LogP) is 1.59. The molecule has 0 radical (unpaired) electrons. The Bertz CT molecular complexity index is 348. The SMILES string of the molecule is CC(C)(C)OC(=O)N1CC2CC3CC2C1C3N. The number of amides is 1. The number of nitrogens with two attached hydrogens (primary N) is 1. The third-order valence-corrected chi connectivity index (χ3v) is 4.58. The number of fused-ring (bicyclic) bond motifs is 1. The summed E-state index contributed by atoms with van der Waals surface area (Å²) in [4.78, 5) is 14.1. The zero-order valence-electron chi connectivity index (χ0n) is 10.8. The second-order valence-corrected chi connectivity index (χ2v) is 6.86. The van der Waals surface area contributed by atoms with Crippen molar-refractivity contribution < 1.29 is 9.53 Å². The number of likely N-dealkylation sites (tertiary alicyclic amines) is 1. The van der Waals surface area contributed by atoms with Gasteiger partial charge in [0.05, 0.1) is 6.04 Å². The molecular formula is C13H22N2O2. The Balaban J connectivity index is 1.76. The molecule has 0 aromatic heterocycles. The summed E-state index contributed by atoms with van der Waals surface area (Å²) in [6, 6.07) is 0.417. The number of hydrogen-bond donors (Lipinski definition) is 1. The summed E-state index contributed by atoms with van der Waals surface area (Å²) in [6.07, 6.45) is 2.25. The second kappa shape index (κ2) is 3.37. The highest BCUT2D eigenvalue weighted by molar-refractivity contribution is 5.69. The Morgan fingerprint density at radius 1 is 1.29 bits per heavy atom. The first-order valence-corrected chi connectivity index (χ1v) is 6.62. The van der Waals surface area contributed by atoms with E-state index in [0.717, 1.165) is 6.54 Å². The summed E-state index contributed by atoms with van der Waals surface area (Å²) in [5.41, 5.74) is 5.83. The maximum Gasteiger partial charge on any atom is 0.410 e. The molecule has 17 heavy (non-hydrogen) atoms. The van der Waals surface area contributed by atoms with Crippen molar-refractivity contribution in [2.75, 3.05) is 6.54 Å². The first-order chi connectivity index (χ1) is 7.87. The lowest BCUT2D eigenvalue weighted by Gasteiger charge is -2.31. The van der Waals surface area contributed by atoms with Crippen LogP contribution < -0.4 is 5.73 Å². The molecule has 4 heteroatoms. The van der Waals surface area contributed by atoms with Crippen molar-refractivity contribution in [2.45, 2.75) is 51.3 Å². The van der Waals surface area contributed by atoms with Gasteiger partial charge < -0.3 is 15.4 Å². The maximum atomic E-state index is 12.2. The van der Waals surface area contributed by atoms with E-state index >= 15 is 0 Å². The van der Waals surface area contributed by atoms with Gasteiger partial charge in [-0.1, -0.05) is 0 Å². The molecule has 5 atom stereocenters. The van der Waals surface area contributed by atoms with Crippen molar-refractivity contribution in [1.82, 2.24) is 4.90 Å². The molecule has 0 spiro atoms. The van der Waals surface area contributed by atoms with Crippen molar-refractivity contribution in [1.29, 1.82) is 0 Å². The van der Waals surface area contributed by atoms with Crippen LogP contribution in [0.5, 0.6) is 0 Å². The molecule has 2 N–H and O–H groups in total. The molecule has 5 unspecified atom stereocenters. The number of hydrogen-bond acceptors (Lipinski definition) is 3. The van der Waals surface area contributed by atoms with Crippen LogP contribution in [0.25, 0.3) is 0 Å². The van der Waals surface area contributed by atoms with Gasteiger partial charge >= 0.3 is 6.09 Å². The van der Waals surface area contributed by atoms with Crippen LogP contribution in [0.4, 0.5) is 4.79 Å². The predicted molar refractivity (Wildman–Crippen MR) is 64.4 cm³/mol. The molecule has 4 nitrogen and oxygen atoms in total. The highest BCUT2D eigenvalue weighted by Crippen LogP contribution is 2.54. The fourth-order valence-electron chi connectivity index (χ4n) is 4.04. The van der Waals surface area contributed by atoms with Crippen molar-refractivity contribution in [3.63, 3.8) is 0 Å². The van der Waals surface area contributed by atoms with Crippen LogP contribution in [0.15, 0.2) is 0 Å². The van der Waals surface area contributed by atoms with E-state index in [1.54, 1.807) is 0 Å². The van der Waals surface area contributed by atoms with Crippen molar-refractivity contribution in [3.05, 3.63) is 0 Å². The number of carbonyl (C=O) groups excluding carboxylic acids is 1. The summed E-state index contributed by atoms with van der Waals surface area (Å²) >= 11 is 0. The van der Waals surface area contributed by atoms with Crippen molar-refractivity contribution in [2.24, 2.45) is 23.5 Å². The molecule has 1 saturated heterocycles. The maximum absolute atomic E-state index is 12.2. The van der Waals surface area contributed by atoms with Gasteiger partial charge in [-0.15, -0.1) is 0 Å². The molecule has 3 fully saturated rings. The molecule has 1 heterocycles. The van der Waals surface area contributed by atoms with Crippen LogP contribution in [-0.4, -0.2) is 35.2 Å². The molecule has 2 aliphatic carbocycles. The van der Waals surface area contributed by atoms with Crippen LogP contribution >= 0.6 is 0 Å². The number of nitrogens with zero attached hydrogens (tertiary/aromatic N) is 1. The Kier molecular flexibility index (Phi) is 2.25. The van der Waals surface area contributed by atoms with E-state index in [0.29, 0.717) is 17.8 Å². The summed E-state index contributed by atoms with van der Waals surface area (Å²) in [5, 5.41) is 0. The van der Waals surface area contributed by atoms with Gasteiger partial charge in [0, 0.05) is 12.6 Å². The van der Waals surface area contributed by atoms with E-state index < -0.39 is 5.60 Å². The van der Waals surface area contributed by atoms with E-state index in [4.69, 9.17) is 10.5 Å². The molecule has 2 saturated carbocycles. The van der Waals surface area contributed by atoms with E-state index in [-0.39, 0.29) is 18.2 Å². The molecule has 0 aromatic rings. The zero-order chi connectivity index (χ0) is 12.4. The quantitative estimate of drug-likeness (QED) is 0.697. The highest BCUT2D eigenvalue weighted by Gasteiger charge is 2.59. The van der Waals surface area contributed by atoms with Gasteiger partial charge in [0.15, 0.2) is 0 Å². The number of ether oxygens (including phenoxy) is 1. The first kappa shape index (κ1) is 11.3. The summed E-state index contributed by atoms with van der Waals surface area (Å²) in [5.74, 6) is 1.96. The lowest BCUT2D eigenvalue weighted by Crippen LogP contribution is -2.49. The van der Waals surface area contributed by atoms with Crippen molar-refractivity contribution >= 4 is 6.09 Å². The smallest absolute Gasteiger partial charge is 0.410 e.